The maximum Gasteiger partial charge on any atom is 0.243 e. The fourth-order valence-electron chi connectivity index (χ4n) is 9.29. The van der Waals surface area contributed by atoms with E-state index in [0.29, 0.717) is 11.1 Å². The predicted molar refractivity (Wildman–Crippen MR) is 296 cm³/mol. The van der Waals surface area contributed by atoms with Crippen LogP contribution >= 0.6 is 0 Å². The van der Waals surface area contributed by atoms with E-state index < -0.39 is 108 Å². The fraction of sp³-hybridized carbons (Fsp3) is 0.436. The normalized spacial score (nSPS) is 20.8. The molecule has 1 aliphatic heterocycles. The summed E-state index contributed by atoms with van der Waals surface area (Å²) in [5, 5.41) is 27.0. The van der Waals surface area contributed by atoms with Crippen molar-refractivity contribution in [2.45, 2.75) is 121 Å². The number of carbonyl (C=O) groups excluding carboxylic acids is 9. The molecule has 1 fully saturated rings. The van der Waals surface area contributed by atoms with E-state index in [1.165, 1.54) is 31.2 Å². The van der Waals surface area contributed by atoms with Gasteiger partial charge in [0.25, 0.3) is 0 Å². The van der Waals surface area contributed by atoms with Crippen LogP contribution in [0.25, 0.3) is 10.9 Å². The summed E-state index contributed by atoms with van der Waals surface area (Å²) in [6.07, 6.45) is 1.26. The number of nitrogens with two attached hydrogens (primary N) is 5. The van der Waals surface area contributed by atoms with E-state index in [-0.39, 0.29) is 108 Å². The molecule has 0 saturated carbocycles. The Hall–Kier alpha value is -8.83. The Morgan fingerprint density at radius 2 is 1.32 bits per heavy atom. The van der Waals surface area contributed by atoms with Crippen molar-refractivity contribution in [3.63, 3.8) is 0 Å². The van der Waals surface area contributed by atoms with Gasteiger partial charge >= 0.3 is 0 Å². The first-order valence-electron chi connectivity index (χ1n) is 26.3. The lowest BCUT2D eigenvalue weighted by molar-refractivity contribution is -0.136. The van der Waals surface area contributed by atoms with Gasteiger partial charge in [-0.15, -0.1) is 0 Å². The van der Waals surface area contributed by atoms with Crippen LogP contribution in [0.4, 0.5) is 0 Å². The summed E-state index contributed by atoms with van der Waals surface area (Å²) in [6, 6.07) is 15.1. The lowest BCUT2D eigenvalue weighted by Crippen LogP contribution is -2.59. The average Bonchev–Trinajstić information content (AvgIpc) is 3.85. The molecule has 3 aromatic carbocycles. The number of phenolic OH excluding ortho intramolecular Hbond substituents is 1. The number of Topliss-reactive ketones (excluding diaryl/α,β-unsaturated/α-hetero) is 2. The van der Waals surface area contributed by atoms with Crippen LogP contribution in [0.2, 0.25) is 0 Å². The van der Waals surface area contributed by atoms with Crippen LogP contribution in [0.15, 0.2) is 95.0 Å². The molecule has 79 heavy (non-hydrogen) atoms. The largest absolute Gasteiger partial charge is 0.508 e. The zero-order valence-corrected chi connectivity index (χ0v) is 44.3. The molecular weight excluding hydrogens is 1020 g/mol. The lowest BCUT2D eigenvalue weighted by Gasteiger charge is -2.27. The molecule has 0 spiro atoms. The minimum atomic E-state index is -1.66. The SMILES string of the molecule is CC(=O)N[C@@H](CCCN=C(N)N)C(=O)N[C@H]1CC(=O)NCCCC[C@@H](C(N)=O)NC(=O)[C@H](Cc2c[nH]c3ccccc23)CC(=O)[C@H](CCCN=C(N)N)CC(=O)[C@@H](Cc2ccccc2)NC(=O)[C@H](Cc2ccc(O)cc2)NC1=O. The highest BCUT2D eigenvalue weighted by atomic mass is 16.3. The fourth-order valence-corrected chi connectivity index (χ4v) is 9.29. The number of fused-ring (bicyclic) bond motifs is 1. The Morgan fingerprint density at radius 3 is 2.00 bits per heavy atom. The number of H-pyrrole nitrogens is 1. The van der Waals surface area contributed by atoms with E-state index >= 15 is 0 Å². The molecule has 1 saturated heterocycles. The number of hydrogen-bond acceptors (Lipinski definition) is 12. The minimum absolute atomic E-state index is 0.0187. The summed E-state index contributed by atoms with van der Waals surface area (Å²) in [5.41, 5.74) is 30.6. The van der Waals surface area contributed by atoms with Gasteiger partial charge in [-0.2, -0.15) is 0 Å². The molecular formula is C55H74N14O10. The number of hydrogen-bond donors (Lipinski definition) is 13. The molecule has 2 heterocycles. The molecule has 0 unspecified atom stereocenters. The number of rotatable bonds is 18. The van der Waals surface area contributed by atoms with Crippen LogP contribution in [0.5, 0.6) is 5.75 Å². The zero-order chi connectivity index (χ0) is 57.4. The molecule has 24 nitrogen and oxygen atoms in total. The second kappa shape index (κ2) is 30.8. The van der Waals surface area contributed by atoms with Crippen molar-refractivity contribution in [3.05, 3.63) is 102 Å². The maximum atomic E-state index is 14.9. The first kappa shape index (κ1) is 61.0. The molecule has 1 aliphatic rings. The van der Waals surface area contributed by atoms with Crippen molar-refractivity contribution in [1.29, 1.82) is 0 Å². The van der Waals surface area contributed by atoms with Crippen molar-refractivity contribution >= 4 is 75.7 Å². The summed E-state index contributed by atoms with van der Waals surface area (Å²) in [5.74, 6) is -8.96. The summed E-state index contributed by atoms with van der Waals surface area (Å²) in [7, 11) is 0. The molecule has 424 valence electrons. The van der Waals surface area contributed by atoms with E-state index in [2.05, 4.69) is 46.9 Å². The summed E-state index contributed by atoms with van der Waals surface area (Å²) in [6.45, 7) is 1.43. The highest BCUT2D eigenvalue weighted by Gasteiger charge is 2.36. The Morgan fingerprint density at radius 1 is 0.684 bits per heavy atom. The molecule has 7 amide bonds. The third-order valence-corrected chi connectivity index (χ3v) is 13.4. The van der Waals surface area contributed by atoms with Crippen molar-refractivity contribution < 1.29 is 48.3 Å². The second-order valence-electron chi connectivity index (χ2n) is 19.7. The van der Waals surface area contributed by atoms with Crippen LogP contribution in [0.3, 0.4) is 0 Å². The number of nitrogens with one attached hydrogen (secondary N) is 7. The maximum absolute atomic E-state index is 14.9. The first-order valence-corrected chi connectivity index (χ1v) is 26.3. The number of benzene rings is 3. The summed E-state index contributed by atoms with van der Waals surface area (Å²) >= 11 is 0. The minimum Gasteiger partial charge on any atom is -0.508 e. The van der Waals surface area contributed by atoms with Gasteiger partial charge in [-0.1, -0.05) is 60.7 Å². The highest BCUT2D eigenvalue weighted by molar-refractivity contribution is 5.99. The lowest BCUT2D eigenvalue weighted by atomic mass is 9.83. The summed E-state index contributed by atoms with van der Waals surface area (Å²) in [4.78, 5) is 138. The molecule has 18 N–H and O–H groups in total. The molecule has 7 atom stereocenters. The number of nitrogens with zero attached hydrogens (tertiary/aromatic N) is 2. The smallest absolute Gasteiger partial charge is 0.243 e. The van der Waals surface area contributed by atoms with Crippen LogP contribution in [-0.4, -0.2) is 125 Å². The van der Waals surface area contributed by atoms with Gasteiger partial charge in [0.05, 0.1) is 12.5 Å². The van der Waals surface area contributed by atoms with Gasteiger partial charge in [-0.25, -0.2) is 0 Å². The number of phenols is 1. The van der Waals surface area contributed by atoms with E-state index in [9.17, 15) is 48.3 Å². The zero-order valence-electron chi connectivity index (χ0n) is 44.3. The van der Waals surface area contributed by atoms with Crippen LogP contribution < -0.4 is 60.6 Å². The topological polar surface area (TPSA) is 417 Å². The quantitative estimate of drug-likeness (QED) is 0.0348. The van der Waals surface area contributed by atoms with Crippen LogP contribution in [0, 0.1) is 11.8 Å². The highest BCUT2D eigenvalue weighted by Crippen LogP contribution is 2.26. The molecule has 4 aromatic rings. The standard InChI is InChI=1S/C55H74N14O10/c1-32(70)65-42(17-10-24-63-55(59)60)51(77)69-45-30-48(74)61-22-8-7-16-41(49(56)75)66-50(76)36(27-37-31-64-40-15-6-5-14-39(37)40)29-46(72)35(13-9-23-62-54(57)58)28-47(73)43(25-33-11-3-2-4-12-33)67-52(78)44(68-53(45)79)26-34-18-20-38(71)21-19-34/h2-6,11-12,14-15,18-21,31,35-36,41-45,64,71H,7-10,13,16-17,22-30H2,1H3,(H2,56,75)(H,61,74)(H,65,70)(H,66,76)(H,67,78)(H,68,79)(H,69,77)(H4,57,58,62)(H4,59,60,63)/t35-,36-,41+,42+,43-,44+,45+/m1/s1. The number of guanidine groups is 2. The van der Waals surface area contributed by atoms with Gasteiger partial charge in [0, 0.05) is 74.8 Å². The number of aliphatic imine (C=N–C) groups is 2. The Balaban J connectivity index is 1.57. The molecule has 24 heteroatoms. The number of para-hydroxylation sites is 1. The van der Waals surface area contributed by atoms with Crippen molar-refractivity contribution in [3.8, 4) is 5.75 Å². The van der Waals surface area contributed by atoms with Gasteiger partial charge in [-0.3, -0.25) is 53.1 Å². The predicted octanol–water partition coefficient (Wildman–Crippen LogP) is -0.221. The monoisotopic (exact) mass is 1090 g/mol. The van der Waals surface area contributed by atoms with Crippen LogP contribution in [0.1, 0.15) is 87.8 Å². The van der Waals surface area contributed by atoms with Crippen molar-refractivity contribution in [2.75, 3.05) is 19.6 Å². The molecule has 0 radical (unpaired) electrons. The molecule has 1 aromatic heterocycles. The van der Waals surface area contributed by atoms with Gasteiger partial charge in [0.15, 0.2) is 17.7 Å². The molecule has 0 bridgehead atoms. The summed E-state index contributed by atoms with van der Waals surface area (Å²) < 4.78 is 0. The van der Waals surface area contributed by atoms with Gasteiger partial charge in [-0.05, 0) is 92.7 Å². The molecule has 0 aliphatic carbocycles. The van der Waals surface area contributed by atoms with Crippen molar-refractivity contribution in [2.24, 2.45) is 50.5 Å². The second-order valence-corrected chi connectivity index (χ2v) is 19.7. The third kappa shape index (κ3) is 20.6. The average molecular weight is 1090 g/mol. The first-order chi connectivity index (χ1) is 37.8. The van der Waals surface area contributed by atoms with Gasteiger partial charge in [0.1, 0.15) is 35.7 Å². The number of primary amides is 1. The third-order valence-electron chi connectivity index (χ3n) is 13.4. The number of ketones is 2. The van der Waals surface area contributed by atoms with E-state index in [0.717, 1.165) is 16.5 Å². The number of aromatic nitrogens is 1. The van der Waals surface area contributed by atoms with Gasteiger partial charge < -0.3 is 70.7 Å². The van der Waals surface area contributed by atoms with Crippen molar-refractivity contribution in [1.82, 2.24) is 36.9 Å². The van der Waals surface area contributed by atoms with E-state index in [4.69, 9.17) is 28.7 Å². The number of aromatic amines is 1. The Bertz CT molecular complexity index is 2810. The number of amides is 7. The van der Waals surface area contributed by atoms with Gasteiger partial charge in [0.2, 0.25) is 41.4 Å². The Kier molecular flexibility index (Phi) is 23.8. The Labute approximate surface area is 457 Å². The number of carbonyl (C=O) groups is 9. The van der Waals surface area contributed by atoms with Crippen LogP contribution in [-0.2, 0) is 62.4 Å². The van der Waals surface area contributed by atoms with E-state index in [1.54, 1.807) is 36.5 Å². The van der Waals surface area contributed by atoms with E-state index in [1.807, 2.05) is 24.3 Å². The molecule has 5 rings (SSSR count). The number of aromatic hydroxyl groups is 1.